The van der Waals surface area contributed by atoms with Crippen LogP contribution in [0.3, 0.4) is 0 Å². The molecule has 0 amide bonds. The van der Waals surface area contributed by atoms with Gasteiger partial charge in [0.25, 0.3) is 0 Å². The number of likely N-dealkylation sites (tertiary alicyclic amines) is 1. The molecule has 1 saturated heterocycles. The highest BCUT2D eigenvalue weighted by Gasteiger charge is 2.25. The fraction of sp³-hybridized carbons (Fsp3) is 0.636. The topological polar surface area (TPSA) is 33.2 Å². The minimum Gasteiger partial charge on any atom is -0.299 e. The summed E-state index contributed by atoms with van der Waals surface area (Å²) >= 11 is 1.63. The molecule has 82 valence electrons. The van der Waals surface area contributed by atoms with Crippen LogP contribution in [0.25, 0.3) is 0 Å². The van der Waals surface area contributed by atoms with Gasteiger partial charge in [-0.25, -0.2) is 4.98 Å². The van der Waals surface area contributed by atoms with Gasteiger partial charge in [0, 0.05) is 37.4 Å². The number of aromatic nitrogens is 1. The van der Waals surface area contributed by atoms with Gasteiger partial charge in [-0.05, 0) is 6.42 Å². The predicted octanol–water partition coefficient (Wildman–Crippen LogP) is 1.94. The Balaban J connectivity index is 1.92. The third-order valence-electron chi connectivity index (χ3n) is 2.97. The van der Waals surface area contributed by atoms with Crippen molar-refractivity contribution in [3.8, 4) is 0 Å². The third kappa shape index (κ3) is 2.63. The van der Waals surface area contributed by atoms with E-state index in [1.165, 1.54) is 0 Å². The zero-order valence-electron chi connectivity index (χ0n) is 8.98. The minimum absolute atomic E-state index is 0.248. The fourth-order valence-electron chi connectivity index (χ4n) is 2.02. The van der Waals surface area contributed by atoms with Gasteiger partial charge in [-0.1, -0.05) is 6.92 Å². The normalized spacial score (nSPS) is 23.3. The standard InChI is InChI=1S/C11H16N2OS/c1-2-9-5-13(4-3-11(9)14)6-10-7-15-8-12-10/h7-9H,2-6H2,1H3. The first-order chi connectivity index (χ1) is 7.29. The highest BCUT2D eigenvalue weighted by molar-refractivity contribution is 7.07. The average Bonchev–Trinajstić information content (AvgIpc) is 2.73. The monoisotopic (exact) mass is 224 g/mol. The number of Topliss-reactive ketones (excluding diaryl/α,β-unsaturated/α-hetero) is 1. The van der Waals surface area contributed by atoms with Crippen LogP contribution in [0.5, 0.6) is 0 Å². The molecule has 0 aromatic carbocycles. The average molecular weight is 224 g/mol. The van der Waals surface area contributed by atoms with Crippen molar-refractivity contribution in [1.29, 1.82) is 0 Å². The van der Waals surface area contributed by atoms with Gasteiger partial charge >= 0.3 is 0 Å². The summed E-state index contributed by atoms with van der Waals surface area (Å²) in [4.78, 5) is 18.1. The molecular weight excluding hydrogens is 208 g/mol. The number of carbonyl (C=O) groups is 1. The summed E-state index contributed by atoms with van der Waals surface area (Å²) in [5.41, 5.74) is 2.99. The highest BCUT2D eigenvalue weighted by atomic mass is 32.1. The van der Waals surface area contributed by atoms with Crippen LogP contribution < -0.4 is 0 Å². The van der Waals surface area contributed by atoms with Crippen molar-refractivity contribution in [1.82, 2.24) is 9.88 Å². The molecule has 0 N–H and O–H groups in total. The van der Waals surface area contributed by atoms with Gasteiger partial charge in [-0.3, -0.25) is 9.69 Å². The number of nitrogens with zero attached hydrogens (tertiary/aromatic N) is 2. The second kappa shape index (κ2) is 4.86. The summed E-state index contributed by atoms with van der Waals surface area (Å²) in [6.45, 7) is 4.79. The van der Waals surface area contributed by atoms with Crippen molar-refractivity contribution in [2.24, 2.45) is 5.92 Å². The molecule has 0 bridgehead atoms. The third-order valence-corrected chi connectivity index (χ3v) is 3.61. The molecule has 1 aliphatic heterocycles. The highest BCUT2D eigenvalue weighted by Crippen LogP contribution is 2.18. The van der Waals surface area contributed by atoms with Crippen molar-refractivity contribution in [2.75, 3.05) is 13.1 Å². The molecule has 1 aromatic heterocycles. The van der Waals surface area contributed by atoms with Crippen LogP contribution in [-0.4, -0.2) is 28.8 Å². The number of thiazole rings is 1. The van der Waals surface area contributed by atoms with E-state index >= 15 is 0 Å². The van der Waals surface area contributed by atoms with E-state index < -0.39 is 0 Å². The van der Waals surface area contributed by atoms with E-state index in [-0.39, 0.29) is 5.92 Å². The zero-order valence-corrected chi connectivity index (χ0v) is 9.80. The summed E-state index contributed by atoms with van der Waals surface area (Å²) in [5.74, 6) is 0.685. The Kier molecular flexibility index (Phi) is 3.49. The van der Waals surface area contributed by atoms with E-state index in [1.54, 1.807) is 11.3 Å². The molecule has 0 saturated carbocycles. The molecule has 4 heteroatoms. The fourth-order valence-corrected chi connectivity index (χ4v) is 2.57. The Bertz CT molecular complexity index is 323. The first-order valence-electron chi connectivity index (χ1n) is 5.41. The zero-order chi connectivity index (χ0) is 10.7. The molecule has 1 atom stereocenters. The molecule has 1 aliphatic rings. The van der Waals surface area contributed by atoms with Gasteiger partial charge in [0.1, 0.15) is 5.78 Å². The summed E-state index contributed by atoms with van der Waals surface area (Å²) in [7, 11) is 0. The Hall–Kier alpha value is -0.740. The smallest absolute Gasteiger partial charge is 0.138 e. The van der Waals surface area contributed by atoms with Crippen LogP contribution in [0.1, 0.15) is 25.5 Å². The Morgan fingerprint density at radius 2 is 2.53 bits per heavy atom. The molecule has 0 spiro atoms. The minimum atomic E-state index is 0.248. The van der Waals surface area contributed by atoms with Gasteiger partial charge in [0.2, 0.25) is 0 Å². The van der Waals surface area contributed by atoms with Crippen LogP contribution in [-0.2, 0) is 11.3 Å². The Labute approximate surface area is 94.1 Å². The lowest BCUT2D eigenvalue weighted by molar-refractivity contribution is -0.126. The van der Waals surface area contributed by atoms with Gasteiger partial charge in [-0.15, -0.1) is 11.3 Å². The van der Waals surface area contributed by atoms with Gasteiger partial charge < -0.3 is 0 Å². The largest absolute Gasteiger partial charge is 0.299 e. The molecule has 2 heterocycles. The number of hydrogen-bond acceptors (Lipinski definition) is 4. The second-order valence-electron chi connectivity index (χ2n) is 4.04. The number of piperidine rings is 1. The molecule has 0 aliphatic carbocycles. The number of rotatable bonds is 3. The molecule has 1 fully saturated rings. The molecular formula is C11H16N2OS. The summed E-state index contributed by atoms with van der Waals surface area (Å²) in [6.07, 6.45) is 1.68. The molecule has 0 radical (unpaired) electrons. The van der Waals surface area contributed by atoms with E-state index in [0.717, 1.165) is 31.7 Å². The van der Waals surface area contributed by atoms with E-state index in [2.05, 4.69) is 22.2 Å². The van der Waals surface area contributed by atoms with Crippen LogP contribution in [0.15, 0.2) is 10.9 Å². The van der Waals surface area contributed by atoms with Crippen molar-refractivity contribution < 1.29 is 4.79 Å². The van der Waals surface area contributed by atoms with Crippen molar-refractivity contribution in [2.45, 2.75) is 26.3 Å². The summed E-state index contributed by atoms with van der Waals surface area (Å²) < 4.78 is 0. The first-order valence-corrected chi connectivity index (χ1v) is 6.36. The van der Waals surface area contributed by atoms with E-state index in [1.807, 2.05) is 5.51 Å². The molecule has 15 heavy (non-hydrogen) atoms. The SMILES string of the molecule is CCC1CN(Cc2cscn2)CCC1=O. The predicted molar refractivity (Wildman–Crippen MR) is 60.8 cm³/mol. The Morgan fingerprint density at radius 1 is 1.67 bits per heavy atom. The van der Waals surface area contributed by atoms with Crippen LogP contribution in [0, 0.1) is 5.92 Å². The first kappa shape index (κ1) is 10.8. The summed E-state index contributed by atoms with van der Waals surface area (Å²) in [5, 5.41) is 2.08. The number of hydrogen-bond donors (Lipinski definition) is 0. The lowest BCUT2D eigenvalue weighted by Crippen LogP contribution is -2.40. The lowest BCUT2D eigenvalue weighted by atomic mass is 9.94. The van der Waals surface area contributed by atoms with Gasteiger partial charge in [0.05, 0.1) is 11.2 Å². The molecule has 1 unspecified atom stereocenters. The van der Waals surface area contributed by atoms with Crippen molar-refractivity contribution in [3.05, 3.63) is 16.6 Å². The molecule has 2 rings (SSSR count). The van der Waals surface area contributed by atoms with Crippen molar-refractivity contribution >= 4 is 17.1 Å². The molecule has 1 aromatic rings. The number of ketones is 1. The summed E-state index contributed by atoms with van der Waals surface area (Å²) in [6, 6.07) is 0. The maximum Gasteiger partial charge on any atom is 0.138 e. The number of carbonyl (C=O) groups excluding carboxylic acids is 1. The van der Waals surface area contributed by atoms with Crippen molar-refractivity contribution in [3.63, 3.8) is 0 Å². The van der Waals surface area contributed by atoms with Crippen LogP contribution >= 0.6 is 11.3 Å². The van der Waals surface area contributed by atoms with Gasteiger partial charge in [-0.2, -0.15) is 0 Å². The van der Waals surface area contributed by atoms with E-state index in [0.29, 0.717) is 12.2 Å². The maximum absolute atomic E-state index is 11.5. The molecule has 3 nitrogen and oxygen atoms in total. The quantitative estimate of drug-likeness (QED) is 0.786. The maximum atomic E-state index is 11.5. The van der Waals surface area contributed by atoms with Gasteiger partial charge in [0.15, 0.2) is 0 Å². The van der Waals surface area contributed by atoms with E-state index in [4.69, 9.17) is 0 Å². The van der Waals surface area contributed by atoms with Crippen LogP contribution in [0.4, 0.5) is 0 Å². The lowest BCUT2D eigenvalue weighted by Gasteiger charge is -2.30. The van der Waals surface area contributed by atoms with E-state index in [9.17, 15) is 4.79 Å². The van der Waals surface area contributed by atoms with Crippen LogP contribution in [0.2, 0.25) is 0 Å². The second-order valence-corrected chi connectivity index (χ2v) is 4.76. The Morgan fingerprint density at radius 3 is 3.20 bits per heavy atom.